The molecule has 1 atom stereocenters. The molecule has 0 radical (unpaired) electrons. The number of nitrogens with one attached hydrogen (secondary N) is 1. The van der Waals surface area contributed by atoms with E-state index in [2.05, 4.69) is 15.4 Å². The van der Waals surface area contributed by atoms with Crippen molar-refractivity contribution in [3.8, 4) is 0 Å². The van der Waals surface area contributed by atoms with Gasteiger partial charge in [-0.3, -0.25) is 9.59 Å². The molecule has 0 saturated carbocycles. The van der Waals surface area contributed by atoms with Crippen molar-refractivity contribution in [2.75, 3.05) is 17.6 Å². The van der Waals surface area contributed by atoms with Crippen LogP contribution in [-0.4, -0.2) is 37.4 Å². The van der Waals surface area contributed by atoms with Crippen LogP contribution in [0.5, 0.6) is 0 Å². The van der Waals surface area contributed by atoms with E-state index in [1.54, 1.807) is 4.90 Å². The van der Waals surface area contributed by atoms with Gasteiger partial charge in [-0.1, -0.05) is 17.7 Å². The molecule has 0 aliphatic carbocycles. The predicted octanol–water partition coefficient (Wildman–Crippen LogP) is 4.05. The number of hydrogen-bond donors (Lipinski definition) is 2. The molecule has 0 bridgehead atoms. The van der Waals surface area contributed by atoms with Crippen molar-refractivity contribution in [2.24, 2.45) is 0 Å². The van der Waals surface area contributed by atoms with E-state index in [0.29, 0.717) is 17.0 Å². The number of amides is 2. The third-order valence-electron chi connectivity index (χ3n) is 5.32. The van der Waals surface area contributed by atoms with Gasteiger partial charge in [0.25, 0.3) is 0 Å². The number of carbonyl (C=O) groups is 2. The van der Waals surface area contributed by atoms with Gasteiger partial charge < -0.3 is 16.0 Å². The normalized spacial score (nSPS) is 16.5. The van der Waals surface area contributed by atoms with Gasteiger partial charge in [0, 0.05) is 11.6 Å². The Labute approximate surface area is 187 Å². The maximum atomic E-state index is 13.2. The van der Waals surface area contributed by atoms with E-state index in [1.807, 2.05) is 25.1 Å². The van der Waals surface area contributed by atoms with Crippen LogP contribution in [-0.2, 0) is 9.59 Å². The van der Waals surface area contributed by atoms with Crippen molar-refractivity contribution in [3.05, 3.63) is 46.7 Å². The third-order valence-corrected chi connectivity index (χ3v) is 5.95. The zero-order valence-electron chi connectivity index (χ0n) is 16.6. The highest BCUT2D eigenvalue weighted by atomic mass is 35.5. The first-order valence-corrected chi connectivity index (χ1v) is 10.7. The van der Waals surface area contributed by atoms with Gasteiger partial charge in [0.1, 0.15) is 11.3 Å². The summed E-state index contributed by atoms with van der Waals surface area (Å²) >= 11 is 6.07. The van der Waals surface area contributed by atoms with E-state index in [9.17, 15) is 13.5 Å². The number of aromatic nitrogens is 3. The predicted molar refractivity (Wildman–Crippen MR) is 119 cm³/mol. The van der Waals surface area contributed by atoms with Gasteiger partial charge in [-0.25, -0.2) is 4.98 Å². The second-order valence-corrected chi connectivity index (χ2v) is 8.35. The van der Waals surface area contributed by atoms with E-state index in [1.165, 1.54) is 12.4 Å². The van der Waals surface area contributed by atoms with Crippen LogP contribution in [0, 0.1) is 6.92 Å². The highest BCUT2D eigenvalue weighted by Gasteiger charge is 2.32. The summed E-state index contributed by atoms with van der Waals surface area (Å²) in [5.41, 5.74) is 8.08. The molecule has 3 aromatic rings. The number of nitrogens with two attached hydrogens (primary N) is 1. The Morgan fingerprint density at radius 2 is 2.10 bits per heavy atom. The second kappa shape index (κ2) is 8.72. The van der Waals surface area contributed by atoms with Crippen LogP contribution >= 0.6 is 23.9 Å². The summed E-state index contributed by atoms with van der Waals surface area (Å²) in [6.07, 6.45) is 5.11. The fourth-order valence-electron chi connectivity index (χ4n) is 3.96. The van der Waals surface area contributed by atoms with Crippen LogP contribution in [0.15, 0.2) is 30.6 Å². The SMILES string of the molecule is Cc1cc(Cl)cc(C2CCCCN2C(=O)C(=O)Nc2cnc(N)c3cnn(SF)c23)c1. The molecule has 3 heterocycles. The average molecular weight is 463 g/mol. The minimum atomic E-state index is -0.838. The topological polar surface area (TPSA) is 106 Å². The highest BCUT2D eigenvalue weighted by molar-refractivity contribution is 7.92. The molecule has 4 rings (SSSR count). The summed E-state index contributed by atoms with van der Waals surface area (Å²) in [4.78, 5) is 31.5. The van der Waals surface area contributed by atoms with Crippen molar-refractivity contribution in [1.29, 1.82) is 0 Å². The van der Waals surface area contributed by atoms with Gasteiger partial charge in [-0.2, -0.15) is 9.19 Å². The smallest absolute Gasteiger partial charge is 0.314 e. The zero-order valence-corrected chi connectivity index (χ0v) is 18.2. The third kappa shape index (κ3) is 4.17. The number of halogens is 2. The summed E-state index contributed by atoms with van der Waals surface area (Å²) < 4.78 is 14.2. The van der Waals surface area contributed by atoms with Gasteiger partial charge in [-0.15, -0.1) is 3.89 Å². The van der Waals surface area contributed by atoms with Crippen LogP contribution in [0.3, 0.4) is 0 Å². The van der Waals surface area contributed by atoms with E-state index < -0.39 is 11.8 Å². The van der Waals surface area contributed by atoms with Crippen molar-refractivity contribution < 1.29 is 13.5 Å². The number of rotatable bonds is 3. The maximum absolute atomic E-state index is 13.2. The Bertz CT molecular complexity index is 1150. The Hall–Kier alpha value is -2.85. The summed E-state index contributed by atoms with van der Waals surface area (Å²) in [7, 11) is 0. The lowest BCUT2D eigenvalue weighted by molar-refractivity contribution is -0.145. The van der Waals surface area contributed by atoms with Crippen LogP contribution in [0.25, 0.3) is 10.9 Å². The van der Waals surface area contributed by atoms with E-state index in [0.717, 1.165) is 34.5 Å². The molecule has 1 aliphatic heterocycles. The summed E-state index contributed by atoms with van der Waals surface area (Å²) in [5.74, 6) is -1.37. The van der Waals surface area contributed by atoms with Crippen LogP contribution in [0.4, 0.5) is 15.4 Å². The van der Waals surface area contributed by atoms with Gasteiger partial charge in [0.2, 0.25) is 0 Å². The number of likely N-dealkylation sites (tertiary alicyclic amines) is 1. The number of aryl methyl sites for hydroxylation is 1. The monoisotopic (exact) mass is 462 g/mol. The molecule has 1 fully saturated rings. The average Bonchev–Trinajstić information content (AvgIpc) is 3.20. The molecular weight excluding hydrogens is 443 g/mol. The number of nitrogens with zero attached hydrogens (tertiary/aromatic N) is 4. The molecular formula is C20H20ClFN6O2S. The number of pyridine rings is 1. The Morgan fingerprint density at radius 1 is 1.29 bits per heavy atom. The fraction of sp³-hybridized carbons (Fsp3) is 0.300. The minimum absolute atomic E-state index is 0.145. The molecule has 2 aromatic heterocycles. The van der Waals surface area contributed by atoms with Crippen LogP contribution in [0.2, 0.25) is 5.02 Å². The van der Waals surface area contributed by atoms with Gasteiger partial charge in [0.05, 0.1) is 29.5 Å². The minimum Gasteiger partial charge on any atom is -0.383 e. The molecule has 162 valence electrons. The lowest BCUT2D eigenvalue weighted by atomic mass is 9.94. The molecule has 1 aromatic carbocycles. The van der Waals surface area contributed by atoms with Crippen molar-refractivity contribution in [3.63, 3.8) is 0 Å². The Morgan fingerprint density at radius 3 is 2.84 bits per heavy atom. The Balaban J connectivity index is 1.61. The van der Waals surface area contributed by atoms with Crippen molar-refractivity contribution in [1.82, 2.24) is 19.1 Å². The first-order valence-electron chi connectivity index (χ1n) is 9.69. The first-order chi connectivity index (χ1) is 14.9. The quantitative estimate of drug-likeness (QED) is 0.569. The maximum Gasteiger partial charge on any atom is 0.314 e. The van der Waals surface area contributed by atoms with Crippen LogP contribution < -0.4 is 11.1 Å². The molecule has 8 nitrogen and oxygen atoms in total. The number of benzene rings is 1. The lowest BCUT2D eigenvalue weighted by Gasteiger charge is -2.35. The van der Waals surface area contributed by atoms with E-state index in [4.69, 9.17) is 17.3 Å². The van der Waals surface area contributed by atoms with Crippen LogP contribution in [0.1, 0.15) is 36.4 Å². The second-order valence-electron chi connectivity index (χ2n) is 7.43. The molecule has 11 heteroatoms. The fourth-order valence-corrected chi connectivity index (χ4v) is 4.61. The molecule has 0 spiro atoms. The molecule has 1 unspecified atom stereocenters. The number of anilines is 2. The zero-order chi connectivity index (χ0) is 22.1. The molecule has 31 heavy (non-hydrogen) atoms. The number of nitrogen functional groups attached to an aromatic ring is 1. The highest BCUT2D eigenvalue weighted by Crippen LogP contribution is 2.34. The van der Waals surface area contributed by atoms with E-state index >= 15 is 0 Å². The van der Waals surface area contributed by atoms with Crippen molar-refractivity contribution in [2.45, 2.75) is 32.2 Å². The molecule has 3 N–H and O–H groups in total. The molecule has 1 saturated heterocycles. The lowest BCUT2D eigenvalue weighted by Crippen LogP contribution is -2.44. The standard InChI is InChI=1S/C20H20ClFN6O2S/c1-11-6-12(8-13(21)7-11)16-4-2-3-5-27(16)20(30)19(29)26-15-10-24-18(23)14-9-25-28(31-22)17(14)15/h6-10,16H,2-5H2,1H3,(H2,23,24)(H,26,29). The number of fused-ring (bicyclic) bond motifs is 1. The largest absolute Gasteiger partial charge is 0.383 e. The number of hydrogen-bond acceptors (Lipinski definition) is 6. The summed E-state index contributed by atoms with van der Waals surface area (Å²) in [5, 5.41) is 7.38. The van der Waals surface area contributed by atoms with Crippen molar-refractivity contribution >= 4 is 58.2 Å². The summed E-state index contributed by atoms with van der Waals surface area (Å²) in [6, 6.07) is 5.40. The number of carbonyl (C=O) groups excluding carboxylic acids is 2. The van der Waals surface area contributed by atoms with Gasteiger partial charge >= 0.3 is 11.8 Å². The summed E-state index contributed by atoms with van der Waals surface area (Å²) in [6.45, 7) is 2.39. The first kappa shape index (κ1) is 21.4. The molecule has 1 aliphatic rings. The molecule has 2 amide bonds. The number of piperidine rings is 1. The van der Waals surface area contributed by atoms with Gasteiger partial charge in [-0.05, 0) is 49.4 Å². The van der Waals surface area contributed by atoms with E-state index in [-0.39, 0.29) is 35.4 Å². The van der Waals surface area contributed by atoms with Gasteiger partial charge in [0.15, 0.2) is 12.3 Å². The Kier molecular flexibility index (Phi) is 6.01.